The maximum atomic E-state index is 5.84. The molecule has 16 heavy (non-hydrogen) atoms. The van der Waals surface area contributed by atoms with E-state index in [1.54, 1.807) is 7.11 Å². The number of ether oxygens (including phenoxy) is 2. The first-order chi connectivity index (χ1) is 7.88. The number of fused-ring (bicyclic) bond motifs is 2. The van der Waals surface area contributed by atoms with Crippen molar-refractivity contribution in [2.75, 3.05) is 20.3 Å². The Labute approximate surface area is 96.5 Å². The van der Waals surface area contributed by atoms with Crippen LogP contribution in [0.15, 0.2) is 24.0 Å². The van der Waals surface area contributed by atoms with Crippen molar-refractivity contribution in [3.8, 4) is 0 Å². The molecule has 1 saturated carbocycles. The standard InChI is InChI=1S/C13H19NO2/c1-15-12-4-2-3-9-7-13-11(8-10(9)12)14-5-6-16-13/h2-4,9-11,13-14H,5-8H2,1H3/t9?,10?,11-,13-/m1/s1. The molecule has 3 aliphatic rings. The van der Waals surface area contributed by atoms with E-state index in [0.717, 1.165) is 31.8 Å². The Morgan fingerprint density at radius 1 is 1.44 bits per heavy atom. The van der Waals surface area contributed by atoms with Crippen molar-refractivity contribution >= 4 is 0 Å². The molecule has 2 unspecified atom stereocenters. The number of rotatable bonds is 1. The Balaban J connectivity index is 1.78. The fourth-order valence-electron chi connectivity index (χ4n) is 3.23. The van der Waals surface area contributed by atoms with Crippen LogP contribution in [0.25, 0.3) is 0 Å². The fraction of sp³-hybridized carbons (Fsp3) is 0.692. The number of allylic oxidation sites excluding steroid dienone is 4. The van der Waals surface area contributed by atoms with E-state index < -0.39 is 0 Å². The van der Waals surface area contributed by atoms with E-state index in [1.165, 1.54) is 0 Å². The molecule has 1 saturated heterocycles. The molecule has 3 heteroatoms. The first-order valence-corrected chi connectivity index (χ1v) is 6.16. The van der Waals surface area contributed by atoms with Crippen LogP contribution in [0, 0.1) is 11.8 Å². The van der Waals surface area contributed by atoms with Gasteiger partial charge in [0.2, 0.25) is 0 Å². The quantitative estimate of drug-likeness (QED) is 0.727. The predicted molar refractivity (Wildman–Crippen MR) is 62.0 cm³/mol. The highest BCUT2D eigenvalue weighted by atomic mass is 16.5. The van der Waals surface area contributed by atoms with Crippen molar-refractivity contribution < 1.29 is 9.47 Å². The second-order valence-electron chi connectivity index (χ2n) is 4.87. The average molecular weight is 221 g/mol. The summed E-state index contributed by atoms with van der Waals surface area (Å²) in [6.07, 6.45) is 9.19. The Morgan fingerprint density at radius 3 is 3.25 bits per heavy atom. The summed E-state index contributed by atoms with van der Waals surface area (Å²) >= 11 is 0. The second kappa shape index (κ2) is 4.22. The van der Waals surface area contributed by atoms with E-state index in [-0.39, 0.29) is 0 Å². The molecule has 1 heterocycles. The Hall–Kier alpha value is -0.800. The maximum Gasteiger partial charge on any atom is 0.0992 e. The highest BCUT2D eigenvalue weighted by Gasteiger charge is 2.40. The van der Waals surface area contributed by atoms with Crippen LogP contribution in [0.2, 0.25) is 0 Å². The number of hydrogen-bond donors (Lipinski definition) is 1. The summed E-state index contributed by atoms with van der Waals surface area (Å²) in [5, 5.41) is 3.57. The minimum atomic E-state index is 0.399. The van der Waals surface area contributed by atoms with Crippen LogP contribution in [0.3, 0.4) is 0 Å². The third kappa shape index (κ3) is 1.68. The van der Waals surface area contributed by atoms with Crippen LogP contribution < -0.4 is 5.32 Å². The maximum absolute atomic E-state index is 5.84. The summed E-state index contributed by atoms with van der Waals surface area (Å²) in [5.74, 6) is 2.28. The van der Waals surface area contributed by atoms with Gasteiger partial charge in [0.1, 0.15) is 0 Å². The van der Waals surface area contributed by atoms with Gasteiger partial charge in [-0.1, -0.05) is 12.2 Å². The molecule has 0 bridgehead atoms. The molecule has 1 aliphatic heterocycles. The van der Waals surface area contributed by atoms with Crippen LogP contribution >= 0.6 is 0 Å². The summed E-state index contributed by atoms with van der Waals surface area (Å²) in [6, 6.07) is 0.514. The molecule has 4 atom stereocenters. The lowest BCUT2D eigenvalue weighted by Gasteiger charge is -2.44. The van der Waals surface area contributed by atoms with Gasteiger partial charge in [0.15, 0.2) is 0 Å². The van der Waals surface area contributed by atoms with E-state index in [1.807, 2.05) is 0 Å². The number of hydrogen-bond acceptors (Lipinski definition) is 3. The molecule has 3 rings (SSSR count). The number of methoxy groups -OCH3 is 1. The normalized spacial score (nSPS) is 41.9. The highest BCUT2D eigenvalue weighted by molar-refractivity contribution is 5.21. The molecule has 2 aliphatic carbocycles. The average Bonchev–Trinajstić information content (AvgIpc) is 2.35. The molecule has 1 N–H and O–H groups in total. The Bertz CT molecular complexity index is 324. The van der Waals surface area contributed by atoms with Gasteiger partial charge in [0.25, 0.3) is 0 Å². The number of morpholine rings is 1. The minimum absolute atomic E-state index is 0.399. The second-order valence-corrected chi connectivity index (χ2v) is 4.87. The fourth-order valence-corrected chi connectivity index (χ4v) is 3.23. The third-order valence-electron chi connectivity index (χ3n) is 4.04. The van der Waals surface area contributed by atoms with E-state index in [2.05, 4.69) is 23.5 Å². The lowest BCUT2D eigenvalue weighted by Crippen LogP contribution is -2.53. The molecule has 0 aromatic heterocycles. The van der Waals surface area contributed by atoms with Gasteiger partial charge in [0.05, 0.1) is 25.6 Å². The van der Waals surface area contributed by atoms with Gasteiger partial charge in [-0.05, 0) is 24.8 Å². The van der Waals surface area contributed by atoms with Crippen molar-refractivity contribution in [1.29, 1.82) is 0 Å². The molecule has 0 aromatic carbocycles. The first-order valence-electron chi connectivity index (χ1n) is 6.16. The molecule has 88 valence electrons. The smallest absolute Gasteiger partial charge is 0.0992 e. The third-order valence-corrected chi connectivity index (χ3v) is 4.04. The van der Waals surface area contributed by atoms with Crippen LogP contribution in [0.5, 0.6) is 0 Å². The van der Waals surface area contributed by atoms with Crippen LogP contribution in [0.1, 0.15) is 12.8 Å². The topological polar surface area (TPSA) is 30.5 Å². The summed E-state index contributed by atoms with van der Waals surface area (Å²) in [6.45, 7) is 1.84. The molecule has 0 aromatic rings. The van der Waals surface area contributed by atoms with Gasteiger partial charge in [-0.25, -0.2) is 0 Å². The van der Waals surface area contributed by atoms with E-state index in [4.69, 9.17) is 9.47 Å². The van der Waals surface area contributed by atoms with Crippen molar-refractivity contribution in [1.82, 2.24) is 5.32 Å². The lowest BCUT2D eigenvalue weighted by atomic mass is 9.72. The predicted octanol–water partition coefficient (Wildman–Crippen LogP) is 1.47. The van der Waals surface area contributed by atoms with Crippen molar-refractivity contribution in [3.05, 3.63) is 24.0 Å². The Kier molecular flexibility index (Phi) is 2.74. The van der Waals surface area contributed by atoms with Crippen molar-refractivity contribution in [3.63, 3.8) is 0 Å². The molecule has 3 nitrogen and oxygen atoms in total. The summed E-state index contributed by atoms with van der Waals surface area (Å²) < 4.78 is 11.3. The van der Waals surface area contributed by atoms with Gasteiger partial charge in [-0.3, -0.25) is 0 Å². The van der Waals surface area contributed by atoms with Crippen LogP contribution in [-0.4, -0.2) is 32.4 Å². The van der Waals surface area contributed by atoms with Gasteiger partial charge < -0.3 is 14.8 Å². The molecule has 0 radical (unpaired) electrons. The van der Waals surface area contributed by atoms with E-state index in [0.29, 0.717) is 24.0 Å². The molecule has 0 spiro atoms. The van der Waals surface area contributed by atoms with Gasteiger partial charge in [-0.2, -0.15) is 0 Å². The molecular formula is C13H19NO2. The SMILES string of the molecule is COC1=CC=CC2C[C@H]3OCCN[C@@H]3CC12. The summed E-state index contributed by atoms with van der Waals surface area (Å²) in [4.78, 5) is 0. The van der Waals surface area contributed by atoms with Crippen LogP contribution in [0.4, 0.5) is 0 Å². The van der Waals surface area contributed by atoms with Crippen molar-refractivity contribution in [2.24, 2.45) is 11.8 Å². The molecule has 2 fully saturated rings. The monoisotopic (exact) mass is 221 g/mol. The highest BCUT2D eigenvalue weighted by Crippen LogP contribution is 2.40. The zero-order valence-electron chi connectivity index (χ0n) is 9.69. The Morgan fingerprint density at radius 2 is 2.38 bits per heavy atom. The largest absolute Gasteiger partial charge is 0.501 e. The van der Waals surface area contributed by atoms with Crippen LogP contribution in [-0.2, 0) is 9.47 Å². The van der Waals surface area contributed by atoms with Crippen molar-refractivity contribution in [2.45, 2.75) is 25.0 Å². The van der Waals surface area contributed by atoms with Gasteiger partial charge in [-0.15, -0.1) is 0 Å². The zero-order valence-corrected chi connectivity index (χ0v) is 9.69. The molecular weight excluding hydrogens is 202 g/mol. The zero-order chi connectivity index (χ0) is 11.0. The lowest BCUT2D eigenvalue weighted by molar-refractivity contribution is -0.0466. The minimum Gasteiger partial charge on any atom is -0.501 e. The van der Waals surface area contributed by atoms with E-state index >= 15 is 0 Å². The van der Waals surface area contributed by atoms with Gasteiger partial charge in [0, 0.05) is 18.5 Å². The van der Waals surface area contributed by atoms with Gasteiger partial charge >= 0.3 is 0 Å². The number of nitrogens with one attached hydrogen (secondary N) is 1. The first kappa shape index (κ1) is 10.4. The summed E-state index contributed by atoms with van der Waals surface area (Å²) in [7, 11) is 1.78. The molecule has 0 amide bonds. The van der Waals surface area contributed by atoms with E-state index in [9.17, 15) is 0 Å². The summed E-state index contributed by atoms with van der Waals surface area (Å²) in [5.41, 5.74) is 0.